The first-order chi connectivity index (χ1) is 14.2. The third kappa shape index (κ3) is 5.57. The van der Waals surface area contributed by atoms with Crippen LogP contribution in [-0.2, 0) is 9.53 Å². The van der Waals surface area contributed by atoms with Crippen LogP contribution < -0.4 is 5.32 Å². The fourth-order valence-electron chi connectivity index (χ4n) is 2.65. The van der Waals surface area contributed by atoms with Gasteiger partial charge in [0.05, 0.1) is 23.6 Å². The van der Waals surface area contributed by atoms with E-state index in [-0.39, 0.29) is 5.82 Å². The van der Waals surface area contributed by atoms with Crippen LogP contribution in [0.4, 0.5) is 10.1 Å². The molecule has 0 aliphatic rings. The maximum Gasteiger partial charge on any atom is 0.332 e. The van der Waals surface area contributed by atoms with Gasteiger partial charge in [0.1, 0.15) is 5.82 Å². The van der Waals surface area contributed by atoms with E-state index in [0.717, 1.165) is 5.56 Å². The van der Waals surface area contributed by atoms with Crippen LogP contribution in [0, 0.1) is 17.7 Å². The SMILES string of the molecule is CCOC(=O)/C=C(/Nc1ccccc1C#Cc1ccccc1F)c1ccccc1. The molecule has 0 aliphatic carbocycles. The lowest BCUT2D eigenvalue weighted by Gasteiger charge is -2.13. The fraction of sp³-hybridized carbons (Fsp3) is 0.0800. The summed E-state index contributed by atoms with van der Waals surface area (Å²) in [5.41, 5.74) is 3.13. The summed E-state index contributed by atoms with van der Waals surface area (Å²) in [4.78, 5) is 12.0. The van der Waals surface area contributed by atoms with Gasteiger partial charge in [0.25, 0.3) is 0 Å². The fourth-order valence-corrected chi connectivity index (χ4v) is 2.65. The molecule has 0 radical (unpaired) electrons. The van der Waals surface area contributed by atoms with Gasteiger partial charge < -0.3 is 10.1 Å². The van der Waals surface area contributed by atoms with Gasteiger partial charge in [0, 0.05) is 11.6 Å². The number of hydrogen-bond donors (Lipinski definition) is 1. The van der Waals surface area contributed by atoms with Gasteiger partial charge in [0.15, 0.2) is 0 Å². The summed E-state index contributed by atoms with van der Waals surface area (Å²) >= 11 is 0. The third-order valence-corrected chi connectivity index (χ3v) is 4.04. The number of benzene rings is 3. The Balaban J connectivity index is 1.96. The van der Waals surface area contributed by atoms with Crippen molar-refractivity contribution in [2.75, 3.05) is 11.9 Å². The van der Waals surface area contributed by atoms with Gasteiger partial charge in [-0.1, -0.05) is 66.4 Å². The highest BCUT2D eigenvalue weighted by molar-refractivity contribution is 5.94. The Hall–Kier alpha value is -3.84. The Bertz CT molecular complexity index is 1080. The van der Waals surface area contributed by atoms with Crippen LogP contribution >= 0.6 is 0 Å². The molecule has 3 aromatic carbocycles. The molecule has 4 heteroatoms. The molecule has 29 heavy (non-hydrogen) atoms. The Labute approximate surface area is 169 Å². The van der Waals surface area contributed by atoms with E-state index >= 15 is 0 Å². The maximum absolute atomic E-state index is 13.9. The quantitative estimate of drug-likeness (QED) is 0.371. The van der Waals surface area contributed by atoms with Gasteiger partial charge in [-0.25, -0.2) is 9.18 Å². The molecule has 0 spiro atoms. The zero-order valence-electron chi connectivity index (χ0n) is 16.0. The molecule has 1 N–H and O–H groups in total. The van der Waals surface area contributed by atoms with Crippen LogP contribution in [0.2, 0.25) is 0 Å². The molecule has 0 unspecified atom stereocenters. The largest absolute Gasteiger partial charge is 0.463 e. The van der Waals surface area contributed by atoms with E-state index in [4.69, 9.17) is 4.74 Å². The number of carbonyl (C=O) groups is 1. The second-order valence-corrected chi connectivity index (χ2v) is 6.08. The van der Waals surface area contributed by atoms with E-state index < -0.39 is 5.97 Å². The summed E-state index contributed by atoms with van der Waals surface area (Å²) in [7, 11) is 0. The standard InChI is InChI=1S/C25H20FNO2/c1-2-29-25(28)18-24(20-11-4-3-5-12-20)27-23-15-9-7-13-21(23)17-16-19-10-6-8-14-22(19)26/h3-15,18,27H,2H2,1H3/b24-18+. The van der Waals surface area contributed by atoms with E-state index in [2.05, 4.69) is 17.2 Å². The van der Waals surface area contributed by atoms with Crippen LogP contribution in [0.3, 0.4) is 0 Å². The van der Waals surface area contributed by atoms with Crippen molar-refractivity contribution in [2.24, 2.45) is 0 Å². The number of esters is 1. The summed E-state index contributed by atoms with van der Waals surface area (Å²) in [6.45, 7) is 2.05. The summed E-state index contributed by atoms with van der Waals surface area (Å²) in [6.07, 6.45) is 1.42. The van der Waals surface area contributed by atoms with Gasteiger partial charge in [-0.15, -0.1) is 0 Å². The maximum atomic E-state index is 13.9. The van der Waals surface area contributed by atoms with Crippen molar-refractivity contribution in [1.82, 2.24) is 0 Å². The number of anilines is 1. The number of para-hydroxylation sites is 1. The van der Waals surface area contributed by atoms with Crippen molar-refractivity contribution in [1.29, 1.82) is 0 Å². The first-order valence-electron chi connectivity index (χ1n) is 9.24. The zero-order chi connectivity index (χ0) is 20.5. The van der Waals surface area contributed by atoms with Crippen molar-refractivity contribution in [2.45, 2.75) is 6.92 Å². The molecule has 0 bridgehead atoms. The van der Waals surface area contributed by atoms with Crippen LogP contribution in [0.1, 0.15) is 23.6 Å². The molecule has 0 aliphatic heterocycles. The van der Waals surface area contributed by atoms with Crippen molar-refractivity contribution in [3.05, 3.63) is 107 Å². The zero-order valence-corrected chi connectivity index (χ0v) is 16.0. The van der Waals surface area contributed by atoms with Crippen LogP contribution in [-0.4, -0.2) is 12.6 Å². The molecule has 3 aromatic rings. The lowest BCUT2D eigenvalue weighted by molar-refractivity contribution is -0.137. The van der Waals surface area contributed by atoms with Crippen molar-refractivity contribution >= 4 is 17.4 Å². The first kappa shape index (κ1) is 19.9. The van der Waals surface area contributed by atoms with Crippen molar-refractivity contribution in [3.8, 4) is 11.8 Å². The van der Waals surface area contributed by atoms with Gasteiger partial charge in [0.2, 0.25) is 0 Å². The van der Waals surface area contributed by atoms with E-state index in [9.17, 15) is 9.18 Å². The number of nitrogens with one attached hydrogen (secondary N) is 1. The number of halogens is 1. The molecule has 0 saturated heterocycles. The third-order valence-electron chi connectivity index (χ3n) is 4.04. The van der Waals surface area contributed by atoms with Crippen LogP contribution in [0.5, 0.6) is 0 Å². The first-order valence-corrected chi connectivity index (χ1v) is 9.24. The molecule has 144 valence electrons. The average molecular weight is 385 g/mol. The smallest absolute Gasteiger partial charge is 0.332 e. The highest BCUT2D eigenvalue weighted by Gasteiger charge is 2.08. The Morgan fingerprint density at radius 2 is 1.55 bits per heavy atom. The number of hydrogen-bond acceptors (Lipinski definition) is 3. The minimum atomic E-state index is -0.436. The molecule has 0 saturated carbocycles. The summed E-state index contributed by atoms with van der Waals surface area (Å²) in [5, 5.41) is 3.27. The molecular formula is C25H20FNO2. The monoisotopic (exact) mass is 385 g/mol. The molecule has 3 nitrogen and oxygen atoms in total. The Morgan fingerprint density at radius 3 is 2.28 bits per heavy atom. The molecule has 0 atom stereocenters. The molecule has 0 heterocycles. The predicted octanol–water partition coefficient (Wildman–Crippen LogP) is 5.24. The van der Waals surface area contributed by atoms with Crippen LogP contribution in [0.25, 0.3) is 5.70 Å². The predicted molar refractivity (Wildman–Crippen MR) is 113 cm³/mol. The Morgan fingerprint density at radius 1 is 0.931 bits per heavy atom. The normalized spacial score (nSPS) is 10.6. The highest BCUT2D eigenvalue weighted by Crippen LogP contribution is 2.22. The minimum absolute atomic E-state index is 0.294. The molecule has 0 aromatic heterocycles. The second-order valence-electron chi connectivity index (χ2n) is 6.08. The number of rotatable bonds is 5. The van der Waals surface area contributed by atoms with Gasteiger partial charge in [-0.2, -0.15) is 0 Å². The average Bonchev–Trinajstić information content (AvgIpc) is 2.74. The highest BCUT2D eigenvalue weighted by atomic mass is 19.1. The van der Waals surface area contributed by atoms with E-state index in [1.54, 1.807) is 25.1 Å². The topological polar surface area (TPSA) is 38.3 Å². The van der Waals surface area contributed by atoms with Crippen LogP contribution in [0.15, 0.2) is 84.9 Å². The van der Waals surface area contributed by atoms with E-state index in [0.29, 0.717) is 29.1 Å². The number of ether oxygens (including phenoxy) is 1. The molecule has 3 rings (SSSR count). The van der Waals surface area contributed by atoms with Gasteiger partial charge in [-0.3, -0.25) is 0 Å². The van der Waals surface area contributed by atoms with E-state index in [1.165, 1.54) is 12.1 Å². The second kappa shape index (κ2) is 9.91. The molecule has 0 fully saturated rings. The lowest BCUT2D eigenvalue weighted by atomic mass is 10.1. The van der Waals surface area contributed by atoms with E-state index in [1.807, 2.05) is 54.6 Å². The summed E-state index contributed by atoms with van der Waals surface area (Å²) in [6, 6.07) is 23.3. The summed E-state index contributed by atoms with van der Waals surface area (Å²) < 4.78 is 18.9. The minimum Gasteiger partial charge on any atom is -0.463 e. The van der Waals surface area contributed by atoms with Crippen molar-refractivity contribution < 1.29 is 13.9 Å². The summed E-state index contributed by atoms with van der Waals surface area (Å²) in [5.74, 6) is 5.08. The lowest BCUT2D eigenvalue weighted by Crippen LogP contribution is -2.06. The molecular weight excluding hydrogens is 365 g/mol. The van der Waals surface area contributed by atoms with Gasteiger partial charge in [-0.05, 0) is 36.8 Å². The Kier molecular flexibility index (Phi) is 6.80. The van der Waals surface area contributed by atoms with Gasteiger partial charge >= 0.3 is 5.97 Å². The van der Waals surface area contributed by atoms with Crippen molar-refractivity contribution in [3.63, 3.8) is 0 Å². The molecule has 0 amide bonds. The number of carbonyl (C=O) groups excluding carboxylic acids is 1.